The van der Waals surface area contributed by atoms with E-state index >= 15 is 0 Å². The molecule has 0 saturated carbocycles. The lowest BCUT2D eigenvalue weighted by Gasteiger charge is -2.14. The Kier molecular flexibility index (Phi) is 10.0. The van der Waals surface area contributed by atoms with E-state index in [1.807, 2.05) is 0 Å². The largest absolute Gasteiger partial charge is 0.573 e. The molecule has 3 aromatic rings. The van der Waals surface area contributed by atoms with Gasteiger partial charge in [0, 0.05) is 31.8 Å². The van der Waals surface area contributed by atoms with Gasteiger partial charge in [0.05, 0.1) is 26.4 Å². The molecule has 0 spiro atoms. The van der Waals surface area contributed by atoms with Gasteiger partial charge < -0.3 is 29.6 Å². The first kappa shape index (κ1) is 28.1. The lowest BCUT2D eigenvalue weighted by molar-refractivity contribution is -0.274. The summed E-state index contributed by atoms with van der Waals surface area (Å²) in [4.78, 5) is 17.5. The first-order valence-electron chi connectivity index (χ1n) is 11.1. The number of anilines is 1. The highest BCUT2D eigenvalue weighted by Gasteiger charge is 2.31. The van der Waals surface area contributed by atoms with Crippen molar-refractivity contribution in [1.29, 1.82) is 0 Å². The van der Waals surface area contributed by atoms with Crippen molar-refractivity contribution < 1.29 is 36.9 Å². The Morgan fingerprint density at radius 2 is 1.81 bits per heavy atom. The molecule has 0 radical (unpaired) electrons. The smallest absolute Gasteiger partial charge is 0.425 e. The van der Waals surface area contributed by atoms with E-state index in [-0.39, 0.29) is 43.0 Å². The van der Waals surface area contributed by atoms with Crippen LogP contribution < -0.4 is 20.1 Å². The normalized spacial score (nSPS) is 11.3. The summed E-state index contributed by atoms with van der Waals surface area (Å²) in [6.45, 7) is 1.47. The van der Waals surface area contributed by atoms with Crippen molar-refractivity contribution in [1.82, 2.24) is 14.9 Å². The topological polar surface area (TPSA) is 95.9 Å². The van der Waals surface area contributed by atoms with Gasteiger partial charge in [-0.3, -0.25) is 9.36 Å². The number of amides is 1. The Hall–Kier alpha value is -3.48. The Bertz CT molecular complexity index is 1170. The Morgan fingerprint density at radius 3 is 2.49 bits per heavy atom. The van der Waals surface area contributed by atoms with Gasteiger partial charge in [-0.2, -0.15) is 4.98 Å². The number of methoxy groups -OCH3 is 1. The van der Waals surface area contributed by atoms with Crippen LogP contribution in [0.2, 0.25) is 5.02 Å². The molecule has 0 atom stereocenters. The van der Waals surface area contributed by atoms with Crippen LogP contribution in [0.1, 0.15) is 16.1 Å². The number of alkyl halides is 3. The van der Waals surface area contributed by atoms with Gasteiger partial charge in [0.25, 0.3) is 5.91 Å². The molecule has 13 heteroatoms. The van der Waals surface area contributed by atoms with Gasteiger partial charge in [0.2, 0.25) is 0 Å². The summed E-state index contributed by atoms with van der Waals surface area (Å²) in [6, 6.07) is 11.9. The van der Waals surface area contributed by atoms with E-state index in [9.17, 15) is 18.0 Å². The van der Waals surface area contributed by atoms with Crippen molar-refractivity contribution in [2.75, 3.05) is 45.8 Å². The number of carbonyl (C=O) groups is 1. The molecule has 1 aromatic heterocycles. The maximum absolute atomic E-state index is 13.1. The summed E-state index contributed by atoms with van der Waals surface area (Å²) in [6.07, 6.45) is -4.86. The molecule has 0 aliphatic rings. The Morgan fingerprint density at radius 1 is 1.08 bits per heavy atom. The van der Waals surface area contributed by atoms with Crippen molar-refractivity contribution >= 4 is 23.3 Å². The zero-order valence-corrected chi connectivity index (χ0v) is 20.9. The van der Waals surface area contributed by atoms with Crippen LogP contribution >= 0.6 is 11.6 Å². The minimum atomic E-state index is -4.86. The molecule has 37 heavy (non-hydrogen) atoms. The highest BCUT2D eigenvalue weighted by atomic mass is 35.5. The molecule has 0 unspecified atom stereocenters. The van der Waals surface area contributed by atoms with Crippen LogP contribution in [0.15, 0.2) is 48.5 Å². The van der Waals surface area contributed by atoms with Crippen LogP contribution in [0.3, 0.4) is 0 Å². The minimum Gasteiger partial charge on any atom is -0.425 e. The number of nitrogens with zero attached hydrogens (tertiary/aromatic N) is 2. The van der Waals surface area contributed by atoms with Crippen molar-refractivity contribution in [3.05, 3.63) is 64.8 Å². The number of hydrogen-bond donors (Lipinski definition) is 2. The van der Waals surface area contributed by atoms with Crippen molar-refractivity contribution in [2.45, 2.75) is 12.9 Å². The third-order valence-electron chi connectivity index (χ3n) is 4.85. The van der Waals surface area contributed by atoms with E-state index in [0.717, 1.165) is 17.7 Å². The van der Waals surface area contributed by atoms with Crippen molar-refractivity contribution in [3.63, 3.8) is 0 Å². The van der Waals surface area contributed by atoms with Crippen LogP contribution in [-0.2, 0) is 16.0 Å². The van der Waals surface area contributed by atoms with Crippen molar-refractivity contribution in [2.24, 2.45) is 0 Å². The van der Waals surface area contributed by atoms with Crippen LogP contribution in [0.25, 0.3) is 0 Å². The molecule has 0 aliphatic heterocycles. The van der Waals surface area contributed by atoms with E-state index in [2.05, 4.69) is 20.4 Å². The third kappa shape index (κ3) is 8.55. The summed E-state index contributed by atoms with van der Waals surface area (Å²) >= 11 is 6.00. The number of benzene rings is 2. The number of ether oxygens (including phenoxy) is 4. The highest BCUT2D eigenvalue weighted by Crippen LogP contribution is 2.31. The van der Waals surface area contributed by atoms with Crippen LogP contribution in [-0.4, -0.2) is 62.3 Å². The summed E-state index contributed by atoms with van der Waals surface area (Å²) < 4.78 is 59.6. The molecule has 9 nitrogen and oxygen atoms in total. The second-order valence-electron chi connectivity index (χ2n) is 7.54. The van der Waals surface area contributed by atoms with Gasteiger partial charge >= 0.3 is 12.4 Å². The fourth-order valence-electron chi connectivity index (χ4n) is 3.24. The van der Waals surface area contributed by atoms with E-state index in [0.29, 0.717) is 18.2 Å². The second kappa shape index (κ2) is 13.2. The molecule has 0 saturated heterocycles. The first-order chi connectivity index (χ1) is 17.7. The molecular weight excluding hydrogens is 517 g/mol. The zero-order chi connectivity index (χ0) is 26.8. The number of halogens is 4. The fourth-order valence-corrected chi connectivity index (χ4v) is 3.36. The molecule has 3 rings (SSSR count). The lowest BCUT2D eigenvalue weighted by Crippen LogP contribution is -2.30. The monoisotopic (exact) mass is 542 g/mol. The van der Waals surface area contributed by atoms with Crippen LogP contribution in [0.5, 0.6) is 17.5 Å². The maximum atomic E-state index is 13.1. The van der Waals surface area contributed by atoms with Gasteiger partial charge in [0.1, 0.15) is 11.5 Å². The van der Waals surface area contributed by atoms with E-state index < -0.39 is 18.0 Å². The van der Waals surface area contributed by atoms with Crippen LogP contribution in [0.4, 0.5) is 19.0 Å². The van der Waals surface area contributed by atoms with Crippen molar-refractivity contribution in [3.8, 4) is 17.5 Å². The van der Waals surface area contributed by atoms with Gasteiger partial charge in [-0.1, -0.05) is 29.8 Å². The quantitative estimate of drug-likeness (QED) is 0.302. The Balaban J connectivity index is 1.90. The average Bonchev–Trinajstić information content (AvgIpc) is 3.18. The number of hydrogen-bond acceptors (Lipinski definition) is 7. The minimum absolute atomic E-state index is 0.0232. The molecule has 2 N–H and O–H groups in total. The summed E-state index contributed by atoms with van der Waals surface area (Å²) in [5, 5.41) is 6.17. The predicted octanol–water partition coefficient (Wildman–Crippen LogP) is 4.71. The van der Waals surface area contributed by atoms with Gasteiger partial charge in [-0.05, 0) is 29.8 Å². The Labute approximate surface area is 216 Å². The molecular formula is C24H26ClF3N4O5. The molecule has 0 fully saturated rings. The standard InChI is InChI=1S/C24H26ClF3N4O5/c1-29-21-20(22(33)30-10-11-35-13-12-34-2)32(15-16-6-8-17(25)9-7-16)23(31-21)36-18-4-3-5-19(14-18)37-24(26,27)28/h3-9,14,29H,10-13,15H2,1-2H3,(H,30,33). The number of aromatic nitrogens is 2. The fraction of sp³-hybridized carbons (Fsp3) is 0.333. The van der Waals surface area contributed by atoms with Gasteiger partial charge in [0.15, 0.2) is 11.5 Å². The molecule has 0 aliphatic carbocycles. The number of carbonyl (C=O) groups excluding carboxylic acids is 1. The predicted molar refractivity (Wildman–Crippen MR) is 131 cm³/mol. The van der Waals surface area contributed by atoms with Crippen LogP contribution in [0, 0.1) is 0 Å². The third-order valence-corrected chi connectivity index (χ3v) is 5.10. The van der Waals surface area contributed by atoms with Gasteiger partial charge in [-0.25, -0.2) is 0 Å². The first-order valence-corrected chi connectivity index (χ1v) is 11.5. The summed E-state index contributed by atoms with van der Waals surface area (Å²) in [5.41, 5.74) is 0.937. The highest BCUT2D eigenvalue weighted by molar-refractivity contribution is 6.30. The maximum Gasteiger partial charge on any atom is 0.573 e. The van der Waals surface area contributed by atoms with E-state index in [1.54, 1.807) is 38.4 Å². The second-order valence-corrected chi connectivity index (χ2v) is 7.98. The van der Waals surface area contributed by atoms with E-state index in [1.165, 1.54) is 16.7 Å². The number of nitrogens with one attached hydrogen (secondary N) is 2. The number of imidazole rings is 1. The summed E-state index contributed by atoms with van der Waals surface area (Å²) in [5.74, 6) is -0.666. The lowest BCUT2D eigenvalue weighted by atomic mass is 10.2. The molecule has 1 amide bonds. The summed E-state index contributed by atoms with van der Waals surface area (Å²) in [7, 11) is 3.15. The number of rotatable bonds is 13. The molecule has 2 aromatic carbocycles. The molecule has 1 heterocycles. The molecule has 200 valence electrons. The van der Waals surface area contributed by atoms with E-state index in [4.69, 9.17) is 25.8 Å². The average molecular weight is 543 g/mol. The molecule has 0 bridgehead atoms. The zero-order valence-electron chi connectivity index (χ0n) is 20.1. The van der Waals surface area contributed by atoms with Gasteiger partial charge in [-0.15, -0.1) is 13.2 Å². The SMILES string of the molecule is CNc1nc(Oc2cccc(OC(F)(F)F)c2)n(Cc2ccc(Cl)cc2)c1C(=O)NCCOCCOC.